The normalized spacial score (nSPS) is 22.1. The molecule has 1 aromatic carbocycles. The topological polar surface area (TPSA) is 95.0 Å². The fraction of sp³-hybridized carbons (Fsp3) is 0.556. The summed E-state index contributed by atoms with van der Waals surface area (Å²) in [7, 11) is -3.93. The Morgan fingerprint density at radius 3 is 2.41 bits per heavy atom. The van der Waals surface area contributed by atoms with Gasteiger partial charge in [0.25, 0.3) is 0 Å². The van der Waals surface area contributed by atoms with Gasteiger partial charge in [-0.15, -0.1) is 0 Å². The number of carboxylic acids is 1. The van der Waals surface area contributed by atoms with Gasteiger partial charge in [-0.05, 0) is 37.8 Å². The Kier molecular flexibility index (Phi) is 5.81. The average molecular weight is 398 g/mol. The molecule has 2 aliphatic heterocycles. The number of benzene rings is 1. The first kappa shape index (κ1) is 19.8. The second-order valence-corrected chi connectivity index (χ2v) is 8.94. The minimum absolute atomic E-state index is 0.0632. The third kappa shape index (κ3) is 4.14. The van der Waals surface area contributed by atoms with Gasteiger partial charge in [-0.2, -0.15) is 4.31 Å². The monoisotopic (exact) mass is 398 g/mol. The van der Waals surface area contributed by atoms with Crippen molar-refractivity contribution in [2.24, 2.45) is 5.92 Å². The highest BCUT2D eigenvalue weighted by Gasteiger charge is 2.38. The molecule has 3 rings (SSSR count). The summed E-state index contributed by atoms with van der Waals surface area (Å²) in [6, 6.07) is 4.97. The predicted octanol–water partition coefficient (Wildman–Crippen LogP) is 1.69. The summed E-state index contributed by atoms with van der Waals surface area (Å²) in [5, 5.41) is 9.00. The summed E-state index contributed by atoms with van der Waals surface area (Å²) >= 11 is 0. The van der Waals surface area contributed by atoms with Crippen molar-refractivity contribution in [3.8, 4) is 0 Å². The van der Waals surface area contributed by atoms with Crippen LogP contribution in [0.4, 0.5) is 4.39 Å². The lowest BCUT2D eigenvalue weighted by Gasteiger charge is -2.34. The molecule has 1 unspecified atom stereocenters. The molecule has 7 nitrogen and oxygen atoms in total. The molecule has 2 saturated heterocycles. The molecule has 27 heavy (non-hydrogen) atoms. The van der Waals surface area contributed by atoms with Crippen molar-refractivity contribution < 1.29 is 27.5 Å². The molecule has 0 aromatic heterocycles. The summed E-state index contributed by atoms with van der Waals surface area (Å²) in [6.07, 6.45) is 2.10. The van der Waals surface area contributed by atoms with Gasteiger partial charge in [0.1, 0.15) is 10.7 Å². The number of amides is 1. The number of nitrogens with zero attached hydrogens (tertiary/aromatic N) is 2. The fourth-order valence-corrected chi connectivity index (χ4v) is 5.44. The molecule has 0 bridgehead atoms. The molecule has 148 valence electrons. The van der Waals surface area contributed by atoms with Crippen molar-refractivity contribution in [2.75, 3.05) is 19.6 Å². The summed E-state index contributed by atoms with van der Waals surface area (Å²) in [5.74, 6) is -2.14. The zero-order valence-electron chi connectivity index (χ0n) is 14.9. The Hall–Kier alpha value is -2.00. The summed E-state index contributed by atoms with van der Waals surface area (Å²) < 4.78 is 40.4. The Bertz CT molecular complexity index is 821. The van der Waals surface area contributed by atoms with Crippen molar-refractivity contribution in [3.63, 3.8) is 0 Å². The number of sulfonamides is 1. The van der Waals surface area contributed by atoms with Gasteiger partial charge >= 0.3 is 5.97 Å². The molecule has 2 heterocycles. The van der Waals surface area contributed by atoms with Crippen LogP contribution >= 0.6 is 0 Å². The smallest absolute Gasteiger partial charge is 0.305 e. The lowest BCUT2D eigenvalue weighted by atomic mass is 9.96. The second-order valence-electron chi connectivity index (χ2n) is 7.03. The zero-order chi connectivity index (χ0) is 19.6. The first-order valence-corrected chi connectivity index (χ1v) is 10.5. The number of carbonyl (C=O) groups excluding carboxylic acids is 1. The highest BCUT2D eigenvalue weighted by molar-refractivity contribution is 7.89. The molecule has 2 fully saturated rings. The van der Waals surface area contributed by atoms with Crippen LogP contribution in [-0.4, -0.2) is 60.3 Å². The van der Waals surface area contributed by atoms with Crippen LogP contribution in [0.3, 0.4) is 0 Å². The van der Waals surface area contributed by atoms with Gasteiger partial charge in [-0.3, -0.25) is 9.59 Å². The van der Waals surface area contributed by atoms with Crippen molar-refractivity contribution in [3.05, 3.63) is 30.1 Å². The standard InChI is InChI=1S/C18H23FN2O5S/c19-15-5-1-2-6-16(15)27(25,26)20-10-7-13(8-11-20)18(24)21-9-3-4-14(21)12-17(22)23/h1-2,5-6,13-14H,3-4,7-12H2,(H,22,23). The number of carbonyl (C=O) groups is 2. The number of piperidine rings is 1. The molecule has 0 radical (unpaired) electrons. The van der Waals surface area contributed by atoms with Crippen molar-refractivity contribution in [1.29, 1.82) is 0 Å². The Morgan fingerprint density at radius 2 is 1.78 bits per heavy atom. The van der Waals surface area contributed by atoms with Crippen molar-refractivity contribution >= 4 is 21.9 Å². The number of hydrogen-bond acceptors (Lipinski definition) is 4. The van der Waals surface area contributed by atoms with Gasteiger partial charge in [0.15, 0.2) is 0 Å². The summed E-state index contributed by atoms with van der Waals surface area (Å²) in [6.45, 7) is 0.833. The van der Waals surface area contributed by atoms with Gasteiger partial charge in [0.2, 0.25) is 15.9 Å². The van der Waals surface area contributed by atoms with Gasteiger partial charge in [-0.25, -0.2) is 12.8 Å². The van der Waals surface area contributed by atoms with Crippen molar-refractivity contribution in [2.45, 2.75) is 43.0 Å². The highest BCUT2D eigenvalue weighted by Crippen LogP contribution is 2.29. The molecule has 0 aliphatic carbocycles. The van der Waals surface area contributed by atoms with E-state index >= 15 is 0 Å². The van der Waals surface area contributed by atoms with Crippen LogP contribution in [0.5, 0.6) is 0 Å². The van der Waals surface area contributed by atoms with E-state index in [1.54, 1.807) is 4.90 Å². The van der Waals surface area contributed by atoms with E-state index in [4.69, 9.17) is 5.11 Å². The van der Waals surface area contributed by atoms with Crippen molar-refractivity contribution in [1.82, 2.24) is 9.21 Å². The minimum Gasteiger partial charge on any atom is -0.481 e. The van der Waals surface area contributed by atoms with Crippen LogP contribution in [0, 0.1) is 11.7 Å². The maximum atomic E-state index is 13.9. The first-order chi connectivity index (χ1) is 12.8. The van der Waals surface area contributed by atoms with Crippen LogP contribution in [0.15, 0.2) is 29.2 Å². The summed E-state index contributed by atoms with van der Waals surface area (Å²) in [5.41, 5.74) is 0. The SMILES string of the molecule is O=C(O)CC1CCCN1C(=O)C1CCN(S(=O)(=O)c2ccccc2F)CC1. The quantitative estimate of drug-likeness (QED) is 0.815. The maximum absolute atomic E-state index is 13.9. The number of aliphatic carboxylic acids is 1. The van der Waals surface area contributed by atoms with Crippen LogP contribution in [0.1, 0.15) is 32.1 Å². The van der Waals surface area contributed by atoms with Gasteiger partial charge in [-0.1, -0.05) is 12.1 Å². The number of hydrogen-bond donors (Lipinski definition) is 1. The number of likely N-dealkylation sites (tertiary alicyclic amines) is 1. The third-order valence-electron chi connectivity index (χ3n) is 5.33. The van der Waals surface area contributed by atoms with E-state index in [1.807, 2.05) is 0 Å². The van der Waals surface area contributed by atoms with Gasteiger partial charge in [0.05, 0.1) is 6.42 Å². The van der Waals surface area contributed by atoms with E-state index in [0.717, 1.165) is 12.5 Å². The molecule has 0 spiro atoms. The lowest BCUT2D eigenvalue weighted by Crippen LogP contribution is -2.46. The van der Waals surface area contributed by atoms with Gasteiger partial charge in [0, 0.05) is 31.6 Å². The zero-order valence-corrected chi connectivity index (χ0v) is 15.7. The number of carboxylic acid groups (broad SMARTS) is 1. The largest absolute Gasteiger partial charge is 0.481 e. The lowest BCUT2D eigenvalue weighted by molar-refractivity contribution is -0.141. The molecule has 9 heteroatoms. The predicted molar refractivity (Wildman–Crippen MR) is 94.9 cm³/mol. The van der Waals surface area contributed by atoms with E-state index in [0.29, 0.717) is 25.8 Å². The molecule has 1 aromatic rings. The number of rotatable bonds is 5. The number of halogens is 1. The van der Waals surface area contributed by atoms with E-state index in [2.05, 4.69) is 0 Å². The van der Waals surface area contributed by atoms with E-state index in [9.17, 15) is 22.4 Å². The highest BCUT2D eigenvalue weighted by atomic mass is 32.2. The van der Waals surface area contributed by atoms with E-state index in [1.165, 1.54) is 22.5 Å². The molecule has 1 N–H and O–H groups in total. The molecule has 1 amide bonds. The van der Waals surface area contributed by atoms with Crippen LogP contribution < -0.4 is 0 Å². The molecule has 2 aliphatic rings. The van der Waals surface area contributed by atoms with Gasteiger partial charge < -0.3 is 10.0 Å². The van der Waals surface area contributed by atoms with Crippen LogP contribution in [-0.2, 0) is 19.6 Å². The third-order valence-corrected chi connectivity index (χ3v) is 7.26. The Labute approximate surface area is 157 Å². The second kappa shape index (κ2) is 7.93. The van der Waals surface area contributed by atoms with E-state index < -0.39 is 21.8 Å². The molecule has 0 saturated carbocycles. The molecule has 1 atom stereocenters. The summed E-state index contributed by atoms with van der Waals surface area (Å²) in [4.78, 5) is 25.0. The fourth-order valence-electron chi connectivity index (χ4n) is 3.91. The first-order valence-electron chi connectivity index (χ1n) is 9.07. The van der Waals surface area contributed by atoms with Crippen LogP contribution in [0.2, 0.25) is 0 Å². The van der Waals surface area contributed by atoms with Crippen LogP contribution in [0.25, 0.3) is 0 Å². The maximum Gasteiger partial charge on any atom is 0.305 e. The van der Waals surface area contributed by atoms with E-state index in [-0.39, 0.29) is 42.3 Å². The Balaban J connectivity index is 1.64. The minimum atomic E-state index is -3.93. The average Bonchev–Trinajstić information content (AvgIpc) is 3.08. The molecular formula is C18H23FN2O5S. The Morgan fingerprint density at radius 1 is 1.11 bits per heavy atom. The molecular weight excluding hydrogens is 375 g/mol.